The largest absolute Gasteiger partial charge is 0.455 e. The fraction of sp³-hybridized carbons (Fsp3) is 0.148. The molecule has 4 heteroatoms. The minimum absolute atomic E-state index is 0.972. The van der Waals surface area contributed by atoms with Crippen molar-refractivity contribution in [3.63, 3.8) is 0 Å². The number of thiophene rings is 1. The van der Waals surface area contributed by atoms with Gasteiger partial charge in [-0.15, -0.1) is 11.3 Å². The number of nitrogens with zero attached hydrogens (tertiary/aromatic N) is 1. The average molecular weight is 439 g/mol. The lowest BCUT2D eigenvalue weighted by atomic mass is 9.94. The summed E-state index contributed by atoms with van der Waals surface area (Å²) in [5.74, 6) is 1.96. The molecule has 3 heterocycles. The highest BCUT2D eigenvalue weighted by Crippen LogP contribution is 2.48. The number of rotatable bonds is 2. The van der Waals surface area contributed by atoms with E-state index in [2.05, 4.69) is 104 Å². The van der Waals surface area contributed by atoms with Crippen LogP contribution in [-0.4, -0.2) is 8.07 Å². The molecule has 0 atom stereocenters. The van der Waals surface area contributed by atoms with Crippen LogP contribution in [0.1, 0.15) is 5.56 Å². The molecular weight excluding hydrogens is 414 g/mol. The van der Waals surface area contributed by atoms with E-state index in [1.807, 2.05) is 0 Å². The summed E-state index contributed by atoms with van der Waals surface area (Å²) in [6, 6.07) is 22.3. The fourth-order valence-electron chi connectivity index (χ4n) is 4.98. The van der Waals surface area contributed by atoms with Crippen LogP contribution < -0.4 is 19.7 Å². The van der Waals surface area contributed by atoms with Crippen molar-refractivity contribution in [1.82, 2.24) is 0 Å². The zero-order valence-electron chi connectivity index (χ0n) is 18.2. The summed E-state index contributed by atoms with van der Waals surface area (Å²) in [6.45, 7) is 7.08. The number of hydrogen-bond donors (Lipinski definition) is 0. The Morgan fingerprint density at radius 3 is 2.52 bits per heavy atom. The van der Waals surface area contributed by atoms with Gasteiger partial charge in [0.2, 0.25) is 5.69 Å². The zero-order valence-corrected chi connectivity index (χ0v) is 20.0. The van der Waals surface area contributed by atoms with Crippen molar-refractivity contribution < 1.29 is 9.30 Å². The van der Waals surface area contributed by atoms with Crippen LogP contribution in [0.2, 0.25) is 13.1 Å². The molecule has 0 saturated carbocycles. The number of aromatic nitrogens is 1. The van der Waals surface area contributed by atoms with Crippen LogP contribution in [0.15, 0.2) is 72.2 Å². The zero-order chi connectivity index (χ0) is 21.3. The second kappa shape index (κ2) is 6.52. The van der Waals surface area contributed by atoms with Gasteiger partial charge >= 0.3 is 0 Å². The molecule has 0 unspecified atom stereocenters. The third-order valence-electron chi connectivity index (χ3n) is 6.86. The molecule has 2 nitrogen and oxygen atoms in total. The Bertz CT molecular complexity index is 1500. The van der Waals surface area contributed by atoms with E-state index in [0.29, 0.717) is 0 Å². The van der Waals surface area contributed by atoms with Gasteiger partial charge in [-0.05, 0) is 46.8 Å². The minimum Gasteiger partial charge on any atom is -0.455 e. The summed E-state index contributed by atoms with van der Waals surface area (Å²) in [6.07, 6.45) is 2.19. The Labute approximate surface area is 187 Å². The Morgan fingerprint density at radius 1 is 0.903 bits per heavy atom. The van der Waals surface area contributed by atoms with Gasteiger partial charge in [0.1, 0.15) is 26.6 Å². The number of fused-ring (bicyclic) bond motifs is 3. The lowest BCUT2D eigenvalue weighted by Crippen LogP contribution is -2.52. The predicted octanol–water partition coefficient (Wildman–Crippen LogP) is 5.78. The number of pyridine rings is 1. The van der Waals surface area contributed by atoms with E-state index in [-0.39, 0.29) is 0 Å². The van der Waals surface area contributed by atoms with Gasteiger partial charge in [0, 0.05) is 10.8 Å². The summed E-state index contributed by atoms with van der Waals surface area (Å²) in [7, 11) is 0.293. The molecular formula is C27H24NOSSi+. The molecule has 0 N–H and O–H groups in total. The van der Waals surface area contributed by atoms with Crippen LogP contribution in [0.4, 0.5) is 0 Å². The van der Waals surface area contributed by atoms with Crippen LogP contribution in [0.5, 0.6) is 11.5 Å². The average Bonchev–Trinajstić information content (AvgIpc) is 3.25. The Morgan fingerprint density at radius 2 is 1.71 bits per heavy atom. The van der Waals surface area contributed by atoms with E-state index in [1.165, 1.54) is 48.1 Å². The molecule has 0 spiro atoms. The lowest BCUT2D eigenvalue weighted by molar-refractivity contribution is -0.659. The molecule has 1 aliphatic rings. The third kappa shape index (κ3) is 2.65. The summed E-state index contributed by atoms with van der Waals surface area (Å²) in [5.41, 5.74) is 3.77. The van der Waals surface area contributed by atoms with Crippen LogP contribution in [-0.2, 0) is 7.05 Å². The SMILES string of the molecule is Cc1c2c(cc3sccc13)Oc1cc([Si](C)(C)c3ccccc3)cc3cc[n+](C)c-2c13. The maximum atomic E-state index is 6.65. The van der Waals surface area contributed by atoms with Crippen LogP contribution in [0.3, 0.4) is 0 Å². The van der Waals surface area contributed by atoms with Gasteiger partial charge in [-0.25, -0.2) is 4.57 Å². The van der Waals surface area contributed by atoms with Gasteiger partial charge in [-0.1, -0.05) is 59.9 Å². The normalized spacial score (nSPS) is 12.8. The smallest absolute Gasteiger partial charge is 0.228 e. The highest BCUT2D eigenvalue weighted by molar-refractivity contribution is 7.17. The summed E-state index contributed by atoms with van der Waals surface area (Å²) < 4.78 is 10.2. The van der Waals surface area contributed by atoms with Crippen molar-refractivity contribution in [3.05, 3.63) is 77.8 Å². The number of benzene rings is 3. The van der Waals surface area contributed by atoms with Gasteiger partial charge < -0.3 is 4.74 Å². The van der Waals surface area contributed by atoms with Crippen molar-refractivity contribution in [2.24, 2.45) is 7.05 Å². The van der Waals surface area contributed by atoms with Crippen molar-refractivity contribution in [3.8, 4) is 22.8 Å². The molecule has 6 rings (SSSR count). The molecule has 2 aromatic heterocycles. The van der Waals surface area contributed by atoms with Crippen molar-refractivity contribution in [1.29, 1.82) is 0 Å². The van der Waals surface area contributed by atoms with E-state index in [4.69, 9.17) is 4.74 Å². The van der Waals surface area contributed by atoms with Crippen LogP contribution in [0.25, 0.3) is 32.1 Å². The first-order valence-electron chi connectivity index (χ1n) is 10.7. The first-order valence-corrected chi connectivity index (χ1v) is 14.5. The van der Waals surface area contributed by atoms with Crippen LogP contribution in [0, 0.1) is 6.92 Å². The van der Waals surface area contributed by atoms with E-state index in [0.717, 1.165) is 11.5 Å². The molecule has 1 aliphatic heterocycles. The lowest BCUT2D eigenvalue weighted by Gasteiger charge is -2.27. The molecule has 0 bridgehead atoms. The maximum absolute atomic E-state index is 6.65. The van der Waals surface area contributed by atoms with E-state index in [9.17, 15) is 0 Å². The van der Waals surface area contributed by atoms with E-state index in [1.54, 1.807) is 11.3 Å². The first-order chi connectivity index (χ1) is 14.9. The van der Waals surface area contributed by atoms with Gasteiger partial charge in [0.25, 0.3) is 0 Å². The van der Waals surface area contributed by atoms with Gasteiger partial charge in [0.15, 0.2) is 6.20 Å². The molecule has 152 valence electrons. The molecule has 0 saturated heterocycles. The summed E-state index contributed by atoms with van der Waals surface area (Å²) in [5, 5.41) is 8.81. The van der Waals surface area contributed by atoms with Crippen molar-refractivity contribution in [2.45, 2.75) is 20.0 Å². The quantitative estimate of drug-likeness (QED) is 0.247. The minimum atomic E-state index is -1.85. The van der Waals surface area contributed by atoms with Crippen molar-refractivity contribution >= 4 is 50.6 Å². The summed E-state index contributed by atoms with van der Waals surface area (Å²) in [4.78, 5) is 0. The monoisotopic (exact) mass is 438 g/mol. The first kappa shape index (κ1) is 18.8. The molecule has 0 amide bonds. The number of aryl methyl sites for hydroxylation is 2. The van der Waals surface area contributed by atoms with Gasteiger partial charge in [-0.2, -0.15) is 0 Å². The van der Waals surface area contributed by atoms with E-state index >= 15 is 0 Å². The van der Waals surface area contributed by atoms with E-state index < -0.39 is 8.07 Å². The molecule has 0 aliphatic carbocycles. The van der Waals surface area contributed by atoms with Gasteiger partial charge in [0.05, 0.1) is 10.9 Å². The predicted molar refractivity (Wildman–Crippen MR) is 134 cm³/mol. The standard InChI is InChI=1S/C27H24NOSSi/c1-17-21-11-13-30-24(21)16-23-25(17)27-26-18(10-12-28(27)2)14-20(15-22(26)29-23)31(3,4)19-8-6-5-7-9-19/h5-16H,1-4H3/q+1. The molecule has 5 aromatic rings. The molecule has 31 heavy (non-hydrogen) atoms. The molecule has 0 fully saturated rings. The second-order valence-corrected chi connectivity index (χ2v) is 14.4. The van der Waals surface area contributed by atoms with Crippen molar-refractivity contribution in [2.75, 3.05) is 0 Å². The third-order valence-corrected chi connectivity index (χ3v) is 11.2. The second-order valence-electron chi connectivity index (χ2n) is 9.01. The highest BCUT2D eigenvalue weighted by atomic mass is 32.1. The Hall–Kier alpha value is -2.95. The number of ether oxygens (including phenoxy) is 1. The van der Waals surface area contributed by atoms with Gasteiger partial charge in [-0.3, -0.25) is 0 Å². The Balaban J connectivity index is 1.66. The summed E-state index contributed by atoms with van der Waals surface area (Å²) >= 11 is 1.78. The Kier molecular flexibility index (Phi) is 3.95. The topological polar surface area (TPSA) is 13.1 Å². The number of hydrogen-bond acceptors (Lipinski definition) is 2. The fourth-order valence-corrected chi connectivity index (χ4v) is 8.22. The maximum Gasteiger partial charge on any atom is 0.228 e. The molecule has 3 aromatic carbocycles. The molecule has 0 radical (unpaired) electrons. The highest BCUT2D eigenvalue weighted by Gasteiger charge is 2.33. The van der Waals surface area contributed by atoms with Crippen LogP contribution >= 0.6 is 11.3 Å².